The van der Waals surface area contributed by atoms with Crippen molar-refractivity contribution in [2.75, 3.05) is 32.7 Å². The van der Waals surface area contributed by atoms with Crippen LogP contribution in [0.15, 0.2) is 0 Å². The summed E-state index contributed by atoms with van der Waals surface area (Å²) in [5.74, 6) is -0.0857. The van der Waals surface area contributed by atoms with E-state index < -0.39 is 11.5 Å². The fourth-order valence-corrected chi connectivity index (χ4v) is 3.67. The van der Waals surface area contributed by atoms with Gasteiger partial charge in [-0.1, -0.05) is 0 Å². The van der Waals surface area contributed by atoms with Crippen LogP contribution < -0.4 is 5.73 Å². The zero-order chi connectivity index (χ0) is 12.0. The fraction of sp³-hybridized carbons (Fsp3) is 0.917. The molecule has 2 unspecified atom stereocenters. The third-order valence-electron chi connectivity index (χ3n) is 4.85. The Morgan fingerprint density at radius 3 is 2.47 bits per heavy atom. The molecule has 4 heterocycles. The first-order valence-corrected chi connectivity index (χ1v) is 6.57. The Morgan fingerprint density at radius 1 is 1.29 bits per heavy atom. The molecule has 0 amide bonds. The number of nitrogens with zero attached hydrogens (tertiary/aromatic N) is 2. The van der Waals surface area contributed by atoms with Gasteiger partial charge < -0.3 is 15.7 Å². The molecule has 3 N–H and O–H groups in total. The Balaban J connectivity index is 1.69. The SMILES string of the molecule is NC1(C(=O)O)CCN(C2CN3CCC2CC3)C1. The maximum absolute atomic E-state index is 11.1. The van der Waals surface area contributed by atoms with Gasteiger partial charge >= 0.3 is 5.97 Å². The van der Waals surface area contributed by atoms with Gasteiger partial charge in [0.25, 0.3) is 0 Å². The summed E-state index contributed by atoms with van der Waals surface area (Å²) < 4.78 is 0. The third kappa shape index (κ3) is 1.86. The van der Waals surface area contributed by atoms with Gasteiger partial charge in [0, 0.05) is 25.7 Å². The molecule has 2 bridgehead atoms. The summed E-state index contributed by atoms with van der Waals surface area (Å²) in [7, 11) is 0. The van der Waals surface area contributed by atoms with E-state index in [0.29, 0.717) is 19.0 Å². The van der Waals surface area contributed by atoms with Crippen LogP contribution in [0.2, 0.25) is 0 Å². The van der Waals surface area contributed by atoms with Crippen molar-refractivity contribution < 1.29 is 9.90 Å². The van der Waals surface area contributed by atoms with E-state index in [9.17, 15) is 4.79 Å². The number of likely N-dealkylation sites (tertiary alicyclic amines) is 1. The first kappa shape index (κ1) is 11.4. The van der Waals surface area contributed by atoms with Gasteiger partial charge in [-0.2, -0.15) is 0 Å². The summed E-state index contributed by atoms with van der Waals surface area (Å²) in [6, 6.07) is 0.544. The molecule has 96 valence electrons. The second kappa shape index (κ2) is 3.93. The van der Waals surface area contributed by atoms with E-state index in [0.717, 1.165) is 19.0 Å². The van der Waals surface area contributed by atoms with Crippen LogP contribution in [-0.4, -0.2) is 65.2 Å². The van der Waals surface area contributed by atoms with E-state index in [1.807, 2.05) is 0 Å². The molecule has 4 saturated heterocycles. The van der Waals surface area contributed by atoms with Crippen LogP contribution in [0.1, 0.15) is 19.3 Å². The highest BCUT2D eigenvalue weighted by atomic mass is 16.4. The predicted octanol–water partition coefficient (Wildman–Crippen LogP) is -0.432. The summed E-state index contributed by atoms with van der Waals surface area (Å²) in [5.41, 5.74) is 4.93. The second-order valence-corrected chi connectivity index (χ2v) is 5.89. The predicted molar refractivity (Wildman–Crippen MR) is 63.7 cm³/mol. The van der Waals surface area contributed by atoms with Gasteiger partial charge in [0.2, 0.25) is 0 Å². The summed E-state index contributed by atoms with van der Waals surface area (Å²) in [4.78, 5) is 16.0. The number of nitrogens with two attached hydrogens (primary N) is 1. The van der Waals surface area contributed by atoms with Crippen LogP contribution in [-0.2, 0) is 4.79 Å². The van der Waals surface area contributed by atoms with Crippen molar-refractivity contribution in [2.24, 2.45) is 11.7 Å². The quantitative estimate of drug-likeness (QED) is 0.684. The zero-order valence-electron chi connectivity index (χ0n) is 10.1. The number of hydrogen-bond acceptors (Lipinski definition) is 4. The Labute approximate surface area is 102 Å². The topological polar surface area (TPSA) is 69.8 Å². The molecule has 0 aromatic carbocycles. The molecule has 0 aromatic rings. The molecule has 2 atom stereocenters. The van der Waals surface area contributed by atoms with Crippen LogP contribution in [0.5, 0.6) is 0 Å². The number of rotatable bonds is 2. The normalized spacial score (nSPS) is 46.3. The van der Waals surface area contributed by atoms with Crippen LogP contribution in [0.4, 0.5) is 0 Å². The highest BCUT2D eigenvalue weighted by Crippen LogP contribution is 2.34. The van der Waals surface area contributed by atoms with Crippen molar-refractivity contribution >= 4 is 5.97 Å². The molecule has 4 aliphatic heterocycles. The van der Waals surface area contributed by atoms with Crippen LogP contribution in [0.3, 0.4) is 0 Å². The Bertz CT molecular complexity index is 328. The average molecular weight is 239 g/mol. The van der Waals surface area contributed by atoms with E-state index in [2.05, 4.69) is 9.80 Å². The number of piperidine rings is 3. The molecule has 5 nitrogen and oxygen atoms in total. The molecule has 0 aliphatic carbocycles. The van der Waals surface area contributed by atoms with E-state index in [1.54, 1.807) is 0 Å². The number of carbonyl (C=O) groups is 1. The molecule has 5 heteroatoms. The third-order valence-corrected chi connectivity index (χ3v) is 4.85. The van der Waals surface area contributed by atoms with Crippen molar-refractivity contribution in [1.82, 2.24) is 9.80 Å². The fourth-order valence-electron chi connectivity index (χ4n) is 3.67. The van der Waals surface area contributed by atoms with Gasteiger partial charge in [-0.25, -0.2) is 0 Å². The van der Waals surface area contributed by atoms with E-state index in [-0.39, 0.29) is 0 Å². The molecule has 0 radical (unpaired) electrons. The van der Waals surface area contributed by atoms with Crippen molar-refractivity contribution in [3.05, 3.63) is 0 Å². The molecular formula is C12H21N3O2. The van der Waals surface area contributed by atoms with Crippen molar-refractivity contribution in [1.29, 1.82) is 0 Å². The van der Waals surface area contributed by atoms with Crippen LogP contribution in [0.25, 0.3) is 0 Å². The minimum absolute atomic E-state index is 0.525. The minimum atomic E-state index is -1.01. The highest BCUT2D eigenvalue weighted by Gasteiger charge is 2.46. The highest BCUT2D eigenvalue weighted by molar-refractivity contribution is 5.79. The molecule has 0 aromatic heterocycles. The van der Waals surface area contributed by atoms with Gasteiger partial charge in [-0.15, -0.1) is 0 Å². The van der Waals surface area contributed by atoms with Gasteiger partial charge in [-0.05, 0) is 38.3 Å². The van der Waals surface area contributed by atoms with Gasteiger partial charge in [0.15, 0.2) is 0 Å². The lowest BCUT2D eigenvalue weighted by molar-refractivity contribution is -0.143. The molecule has 17 heavy (non-hydrogen) atoms. The smallest absolute Gasteiger partial charge is 0.325 e. The first-order chi connectivity index (χ1) is 8.08. The zero-order valence-corrected chi connectivity index (χ0v) is 10.1. The Kier molecular flexibility index (Phi) is 2.65. The van der Waals surface area contributed by atoms with Crippen LogP contribution in [0, 0.1) is 5.92 Å². The first-order valence-electron chi connectivity index (χ1n) is 6.57. The lowest BCUT2D eigenvalue weighted by Crippen LogP contribution is -2.58. The summed E-state index contributed by atoms with van der Waals surface area (Å²) in [6.07, 6.45) is 3.13. The van der Waals surface area contributed by atoms with Gasteiger partial charge in [0.05, 0.1) is 0 Å². The van der Waals surface area contributed by atoms with E-state index in [1.165, 1.54) is 25.9 Å². The van der Waals surface area contributed by atoms with Crippen molar-refractivity contribution in [2.45, 2.75) is 30.8 Å². The lowest BCUT2D eigenvalue weighted by Gasteiger charge is -2.48. The molecule has 0 spiro atoms. The van der Waals surface area contributed by atoms with Gasteiger partial charge in [0.1, 0.15) is 5.54 Å². The number of aliphatic carboxylic acids is 1. The van der Waals surface area contributed by atoms with Crippen molar-refractivity contribution in [3.8, 4) is 0 Å². The Hall–Kier alpha value is -0.650. The van der Waals surface area contributed by atoms with Crippen LogP contribution >= 0.6 is 0 Å². The molecule has 4 fully saturated rings. The molecule has 4 rings (SSSR count). The maximum atomic E-state index is 11.1. The summed E-state index contributed by atoms with van der Waals surface area (Å²) >= 11 is 0. The number of hydrogen-bond donors (Lipinski definition) is 2. The molecular weight excluding hydrogens is 218 g/mol. The maximum Gasteiger partial charge on any atom is 0.325 e. The van der Waals surface area contributed by atoms with E-state index in [4.69, 9.17) is 10.8 Å². The second-order valence-electron chi connectivity index (χ2n) is 5.89. The summed E-state index contributed by atoms with van der Waals surface area (Å²) in [5, 5.41) is 9.16. The molecule has 4 aliphatic rings. The average Bonchev–Trinajstić information content (AvgIpc) is 2.75. The van der Waals surface area contributed by atoms with Gasteiger partial charge in [-0.3, -0.25) is 9.69 Å². The number of carboxylic acid groups (broad SMARTS) is 1. The van der Waals surface area contributed by atoms with E-state index >= 15 is 0 Å². The standard InChI is InChI=1S/C12H21N3O2/c13-12(11(16)17)3-6-15(8-12)10-7-14-4-1-9(10)2-5-14/h9-10H,1-8,13H2,(H,16,17). The minimum Gasteiger partial charge on any atom is -0.480 e. The number of carboxylic acids is 1. The lowest BCUT2D eigenvalue weighted by atomic mass is 9.83. The number of fused-ring (bicyclic) bond motifs is 3. The monoisotopic (exact) mass is 239 g/mol. The molecule has 0 saturated carbocycles. The summed E-state index contributed by atoms with van der Waals surface area (Å²) in [6.45, 7) is 4.93. The largest absolute Gasteiger partial charge is 0.480 e. The Morgan fingerprint density at radius 2 is 2.00 bits per heavy atom. The van der Waals surface area contributed by atoms with Crippen molar-refractivity contribution in [3.63, 3.8) is 0 Å².